The van der Waals surface area contributed by atoms with Gasteiger partial charge in [0.1, 0.15) is 12.4 Å². The number of Topliss-reactive ketones (excluding diaryl/α,β-unsaturated/α-hetero) is 1. The third-order valence-electron chi connectivity index (χ3n) is 3.25. The maximum absolute atomic E-state index is 12.1. The predicted octanol–water partition coefficient (Wildman–Crippen LogP) is 3.93. The number of esters is 2. The fourth-order valence-corrected chi connectivity index (χ4v) is 1.62. The minimum absolute atomic E-state index is 0.0655. The van der Waals surface area contributed by atoms with Gasteiger partial charge >= 0.3 is 11.9 Å². The van der Waals surface area contributed by atoms with Crippen LogP contribution in [-0.2, 0) is 20.9 Å². The number of rotatable bonds is 4. The van der Waals surface area contributed by atoms with E-state index in [4.69, 9.17) is 9.47 Å². The summed E-state index contributed by atoms with van der Waals surface area (Å²) in [5.41, 5.74) is -0.357. The van der Waals surface area contributed by atoms with Gasteiger partial charge in [-0.2, -0.15) is 0 Å². The van der Waals surface area contributed by atoms with Crippen molar-refractivity contribution in [2.24, 2.45) is 10.8 Å². The number of hydrogen-bond acceptors (Lipinski definition) is 5. The van der Waals surface area contributed by atoms with Crippen LogP contribution in [0, 0.1) is 10.8 Å². The minimum Gasteiger partial charge on any atom is -0.460 e. The quantitative estimate of drug-likeness (QED) is 0.474. The molecule has 0 fully saturated rings. The van der Waals surface area contributed by atoms with E-state index in [1.807, 2.05) is 0 Å². The largest absolute Gasteiger partial charge is 0.460 e. The highest BCUT2D eigenvalue weighted by molar-refractivity contribution is 5.94. The van der Waals surface area contributed by atoms with E-state index in [9.17, 15) is 14.4 Å². The molecule has 0 bridgehead atoms. The molecule has 0 aliphatic rings. The molecule has 1 aromatic rings. The van der Waals surface area contributed by atoms with Gasteiger partial charge in [-0.05, 0) is 66.7 Å². The first-order valence-electron chi connectivity index (χ1n) is 7.86. The first-order chi connectivity index (χ1) is 10.8. The van der Waals surface area contributed by atoms with Crippen LogP contribution < -0.4 is 4.74 Å². The summed E-state index contributed by atoms with van der Waals surface area (Å²) in [6.07, 6.45) is 0. The van der Waals surface area contributed by atoms with E-state index in [0.29, 0.717) is 16.9 Å². The second-order valence-corrected chi connectivity index (χ2v) is 7.84. The van der Waals surface area contributed by atoms with Crippen LogP contribution in [0.3, 0.4) is 0 Å². The maximum Gasteiger partial charge on any atom is 0.316 e. The summed E-state index contributed by atoms with van der Waals surface area (Å²) in [6, 6.07) is 4.73. The number of hydrogen-bond donors (Lipinski definition) is 0. The van der Waals surface area contributed by atoms with Gasteiger partial charge in [-0.1, -0.05) is 0 Å². The molecule has 0 saturated heterocycles. The Labute approximate surface area is 143 Å². The summed E-state index contributed by atoms with van der Waals surface area (Å²) in [6.45, 7) is 11.9. The number of benzene rings is 1. The molecule has 1 rings (SSSR count). The number of carbonyl (C=O) groups excluding carboxylic acids is 3. The van der Waals surface area contributed by atoms with E-state index in [1.54, 1.807) is 59.7 Å². The summed E-state index contributed by atoms with van der Waals surface area (Å²) in [4.78, 5) is 35.6. The molecule has 132 valence electrons. The third-order valence-corrected chi connectivity index (χ3v) is 3.25. The fraction of sp³-hybridized carbons (Fsp3) is 0.526. The Balaban J connectivity index is 3.09. The van der Waals surface area contributed by atoms with Gasteiger partial charge < -0.3 is 9.47 Å². The van der Waals surface area contributed by atoms with Gasteiger partial charge in [0.25, 0.3) is 0 Å². The van der Waals surface area contributed by atoms with Crippen LogP contribution in [0.15, 0.2) is 18.2 Å². The second kappa shape index (κ2) is 7.16. The van der Waals surface area contributed by atoms with Crippen LogP contribution in [0.2, 0.25) is 0 Å². The van der Waals surface area contributed by atoms with Gasteiger partial charge in [0.15, 0.2) is 5.78 Å². The van der Waals surface area contributed by atoms with E-state index in [0.717, 1.165) is 0 Å². The Hall–Kier alpha value is -2.17. The van der Waals surface area contributed by atoms with Crippen molar-refractivity contribution in [2.45, 2.75) is 55.1 Å². The van der Waals surface area contributed by atoms with Gasteiger partial charge in [-0.15, -0.1) is 0 Å². The minimum atomic E-state index is -0.668. The highest BCUT2D eigenvalue weighted by Crippen LogP contribution is 2.26. The first-order valence-corrected chi connectivity index (χ1v) is 7.86. The smallest absolute Gasteiger partial charge is 0.316 e. The Morgan fingerprint density at radius 3 is 1.92 bits per heavy atom. The molecule has 24 heavy (non-hydrogen) atoms. The Kier molecular flexibility index (Phi) is 5.93. The van der Waals surface area contributed by atoms with Gasteiger partial charge in [0, 0.05) is 11.1 Å². The summed E-state index contributed by atoms with van der Waals surface area (Å²) in [7, 11) is 0. The topological polar surface area (TPSA) is 69.7 Å². The standard InChI is InChI=1S/C19H26O5/c1-12(20)13-8-9-15(24-17(22)19(5,6)7)14(10-13)11-23-16(21)18(2,3)4/h8-10H,11H2,1-7H3. The molecule has 0 aromatic heterocycles. The molecule has 0 amide bonds. The normalized spacial score (nSPS) is 11.8. The van der Waals surface area contributed by atoms with Gasteiger partial charge in [-0.25, -0.2) is 0 Å². The highest BCUT2D eigenvalue weighted by atomic mass is 16.5. The van der Waals surface area contributed by atoms with E-state index in [1.165, 1.54) is 6.92 Å². The lowest BCUT2D eigenvalue weighted by Crippen LogP contribution is -2.26. The average Bonchev–Trinajstić information content (AvgIpc) is 2.43. The molecule has 0 radical (unpaired) electrons. The van der Waals surface area contributed by atoms with Crippen molar-refractivity contribution in [3.63, 3.8) is 0 Å². The molecule has 0 N–H and O–H groups in total. The van der Waals surface area contributed by atoms with E-state index in [2.05, 4.69) is 0 Å². The van der Waals surface area contributed by atoms with Crippen LogP contribution in [0.1, 0.15) is 64.4 Å². The zero-order chi connectivity index (χ0) is 18.7. The number of carbonyl (C=O) groups is 3. The Bertz CT molecular complexity index is 645. The van der Waals surface area contributed by atoms with Crippen molar-refractivity contribution in [2.75, 3.05) is 0 Å². The van der Waals surface area contributed by atoms with Crippen LogP contribution in [-0.4, -0.2) is 17.7 Å². The molecule has 0 heterocycles. The fourth-order valence-electron chi connectivity index (χ4n) is 1.62. The van der Waals surface area contributed by atoms with Crippen molar-refractivity contribution >= 4 is 17.7 Å². The predicted molar refractivity (Wildman–Crippen MR) is 90.8 cm³/mol. The molecule has 5 nitrogen and oxygen atoms in total. The lowest BCUT2D eigenvalue weighted by atomic mass is 9.97. The van der Waals surface area contributed by atoms with Gasteiger partial charge in [-0.3, -0.25) is 14.4 Å². The second-order valence-electron chi connectivity index (χ2n) is 7.84. The van der Waals surface area contributed by atoms with Crippen molar-refractivity contribution < 1.29 is 23.9 Å². The van der Waals surface area contributed by atoms with Crippen LogP contribution in [0.4, 0.5) is 0 Å². The molecule has 0 saturated carbocycles. The third kappa shape index (κ3) is 5.48. The zero-order valence-corrected chi connectivity index (χ0v) is 15.5. The molecular formula is C19H26O5. The van der Waals surface area contributed by atoms with Crippen LogP contribution in [0.25, 0.3) is 0 Å². The molecule has 0 atom stereocenters. The summed E-state index contributed by atoms with van der Waals surface area (Å²) >= 11 is 0. The van der Waals surface area contributed by atoms with Crippen molar-refractivity contribution in [3.05, 3.63) is 29.3 Å². The lowest BCUT2D eigenvalue weighted by Gasteiger charge is -2.20. The van der Waals surface area contributed by atoms with Crippen molar-refractivity contribution in [3.8, 4) is 5.75 Å². The molecule has 0 spiro atoms. The van der Waals surface area contributed by atoms with Gasteiger partial charge in [0.05, 0.1) is 10.8 Å². The van der Waals surface area contributed by atoms with Crippen molar-refractivity contribution in [1.29, 1.82) is 0 Å². The monoisotopic (exact) mass is 334 g/mol. The SMILES string of the molecule is CC(=O)c1ccc(OC(=O)C(C)(C)C)c(COC(=O)C(C)(C)C)c1. The van der Waals surface area contributed by atoms with E-state index >= 15 is 0 Å². The van der Waals surface area contributed by atoms with Gasteiger partial charge in [0.2, 0.25) is 0 Å². The highest BCUT2D eigenvalue weighted by Gasteiger charge is 2.26. The number of ketones is 1. The Morgan fingerprint density at radius 2 is 1.46 bits per heavy atom. The molecule has 0 aliphatic heterocycles. The number of ether oxygens (including phenoxy) is 2. The summed E-state index contributed by atoms with van der Waals surface area (Å²) in [5.74, 6) is -0.598. The summed E-state index contributed by atoms with van der Waals surface area (Å²) < 4.78 is 10.7. The average molecular weight is 334 g/mol. The van der Waals surface area contributed by atoms with E-state index in [-0.39, 0.29) is 18.4 Å². The Morgan fingerprint density at radius 1 is 0.917 bits per heavy atom. The van der Waals surface area contributed by atoms with E-state index < -0.39 is 16.8 Å². The molecular weight excluding hydrogens is 308 g/mol. The zero-order valence-electron chi connectivity index (χ0n) is 15.5. The molecule has 0 aliphatic carbocycles. The van der Waals surface area contributed by atoms with Crippen LogP contribution in [0.5, 0.6) is 5.75 Å². The summed E-state index contributed by atoms with van der Waals surface area (Å²) in [5, 5.41) is 0. The molecule has 1 aromatic carbocycles. The molecule has 5 heteroatoms. The van der Waals surface area contributed by atoms with Crippen LogP contribution >= 0.6 is 0 Å². The lowest BCUT2D eigenvalue weighted by molar-refractivity contribution is -0.154. The first kappa shape index (κ1) is 19.9. The maximum atomic E-state index is 12.1. The molecule has 0 unspecified atom stereocenters. The van der Waals surface area contributed by atoms with Crippen molar-refractivity contribution in [1.82, 2.24) is 0 Å².